The highest BCUT2D eigenvalue weighted by molar-refractivity contribution is 6.51. The normalized spacial score (nSPS) is 11.1. The van der Waals surface area contributed by atoms with E-state index < -0.39 is 0 Å². The number of methoxy groups -OCH3 is 1. The summed E-state index contributed by atoms with van der Waals surface area (Å²) in [4.78, 5) is 12.3. The molecule has 4 nitrogen and oxygen atoms in total. The Morgan fingerprint density at radius 2 is 1.74 bits per heavy atom. The van der Waals surface area contributed by atoms with Gasteiger partial charge in [0, 0.05) is 11.1 Å². The zero-order chi connectivity index (χ0) is 13.7. The molecule has 96 valence electrons. The Labute approximate surface area is 111 Å². The summed E-state index contributed by atoms with van der Waals surface area (Å²) in [7, 11) is 1.57. The Morgan fingerprint density at radius 1 is 1.05 bits per heavy atom. The standard InChI is InChI=1S/C15H14N2O2/c1-19-13-9-5-8-12(10-13)14(17-16)15(18)11-6-3-2-4-7-11/h2-10H,16H2,1H3. The lowest BCUT2D eigenvalue weighted by atomic mass is 10.0. The van der Waals surface area contributed by atoms with E-state index in [0.717, 1.165) is 0 Å². The SMILES string of the molecule is COc1cccc(C(=NN)C(=O)c2ccccc2)c1. The van der Waals surface area contributed by atoms with Crippen molar-refractivity contribution in [2.45, 2.75) is 0 Å². The molecule has 0 radical (unpaired) electrons. The number of carbonyl (C=O) groups excluding carboxylic acids is 1. The highest BCUT2D eigenvalue weighted by Gasteiger charge is 2.16. The third-order valence-corrected chi connectivity index (χ3v) is 2.72. The lowest BCUT2D eigenvalue weighted by molar-refractivity contribution is 0.106. The number of benzene rings is 2. The van der Waals surface area contributed by atoms with E-state index >= 15 is 0 Å². The van der Waals surface area contributed by atoms with Gasteiger partial charge in [-0.25, -0.2) is 0 Å². The Balaban J connectivity index is 2.38. The number of hydrazone groups is 1. The van der Waals surface area contributed by atoms with Crippen molar-refractivity contribution in [2.24, 2.45) is 10.9 Å². The lowest BCUT2D eigenvalue weighted by Gasteiger charge is -2.06. The molecular weight excluding hydrogens is 240 g/mol. The average molecular weight is 254 g/mol. The molecule has 2 aromatic rings. The lowest BCUT2D eigenvalue weighted by Crippen LogP contribution is -2.17. The van der Waals surface area contributed by atoms with E-state index in [-0.39, 0.29) is 11.5 Å². The smallest absolute Gasteiger partial charge is 0.213 e. The second-order valence-electron chi connectivity index (χ2n) is 3.90. The molecule has 19 heavy (non-hydrogen) atoms. The minimum absolute atomic E-state index is 0.212. The molecule has 0 saturated carbocycles. The molecule has 0 aliphatic carbocycles. The van der Waals surface area contributed by atoms with Gasteiger partial charge in [-0.3, -0.25) is 4.79 Å². The van der Waals surface area contributed by atoms with Crippen LogP contribution in [0.15, 0.2) is 59.7 Å². The van der Waals surface area contributed by atoms with Gasteiger partial charge >= 0.3 is 0 Å². The van der Waals surface area contributed by atoms with Crippen LogP contribution in [0, 0.1) is 0 Å². The van der Waals surface area contributed by atoms with Crippen LogP contribution in [0.2, 0.25) is 0 Å². The first-order chi connectivity index (χ1) is 9.26. The van der Waals surface area contributed by atoms with Gasteiger partial charge in [0.25, 0.3) is 0 Å². The number of hydrogen-bond acceptors (Lipinski definition) is 4. The van der Waals surface area contributed by atoms with E-state index in [1.165, 1.54) is 0 Å². The molecule has 2 N–H and O–H groups in total. The maximum atomic E-state index is 12.3. The number of rotatable bonds is 4. The number of nitrogens with zero attached hydrogens (tertiary/aromatic N) is 1. The summed E-state index contributed by atoms with van der Waals surface area (Å²) in [6.45, 7) is 0. The third-order valence-electron chi connectivity index (χ3n) is 2.72. The van der Waals surface area contributed by atoms with E-state index in [9.17, 15) is 4.79 Å². The van der Waals surface area contributed by atoms with Crippen LogP contribution < -0.4 is 10.6 Å². The highest BCUT2D eigenvalue weighted by atomic mass is 16.5. The van der Waals surface area contributed by atoms with Crippen molar-refractivity contribution in [2.75, 3.05) is 7.11 Å². The predicted octanol–water partition coefficient (Wildman–Crippen LogP) is 2.24. The third kappa shape index (κ3) is 2.80. The van der Waals surface area contributed by atoms with Gasteiger partial charge in [-0.2, -0.15) is 5.10 Å². The summed E-state index contributed by atoms with van der Waals surface area (Å²) in [5.74, 6) is 5.80. The Morgan fingerprint density at radius 3 is 2.37 bits per heavy atom. The number of hydrogen-bond donors (Lipinski definition) is 1. The molecule has 0 aliphatic rings. The fourth-order valence-electron chi connectivity index (χ4n) is 1.76. The molecule has 4 heteroatoms. The Bertz CT molecular complexity index is 607. The van der Waals surface area contributed by atoms with Crippen molar-refractivity contribution in [3.8, 4) is 5.75 Å². The summed E-state index contributed by atoms with van der Waals surface area (Å²) < 4.78 is 5.13. The quantitative estimate of drug-likeness (QED) is 0.394. The zero-order valence-electron chi connectivity index (χ0n) is 10.5. The van der Waals surface area contributed by atoms with Crippen molar-refractivity contribution >= 4 is 11.5 Å². The van der Waals surface area contributed by atoms with Crippen molar-refractivity contribution in [3.63, 3.8) is 0 Å². The second kappa shape index (κ2) is 5.82. The first-order valence-electron chi connectivity index (χ1n) is 5.78. The van der Waals surface area contributed by atoms with E-state index in [0.29, 0.717) is 16.9 Å². The topological polar surface area (TPSA) is 64.7 Å². The molecule has 0 heterocycles. The van der Waals surface area contributed by atoms with Crippen LogP contribution in [0.25, 0.3) is 0 Å². The minimum atomic E-state index is -0.212. The van der Waals surface area contributed by atoms with Gasteiger partial charge in [0.05, 0.1) is 7.11 Å². The maximum Gasteiger partial charge on any atom is 0.213 e. The van der Waals surface area contributed by atoms with Crippen LogP contribution in [-0.2, 0) is 0 Å². The second-order valence-corrected chi connectivity index (χ2v) is 3.90. The number of ketones is 1. The van der Waals surface area contributed by atoms with Crippen LogP contribution >= 0.6 is 0 Å². The molecule has 0 spiro atoms. The number of nitrogens with two attached hydrogens (primary N) is 1. The zero-order valence-corrected chi connectivity index (χ0v) is 10.5. The molecule has 0 aliphatic heterocycles. The largest absolute Gasteiger partial charge is 0.497 e. The van der Waals surface area contributed by atoms with E-state index in [1.807, 2.05) is 6.07 Å². The van der Waals surface area contributed by atoms with Gasteiger partial charge in [0.15, 0.2) is 0 Å². The fraction of sp³-hybridized carbons (Fsp3) is 0.0667. The fourth-order valence-corrected chi connectivity index (χ4v) is 1.76. The van der Waals surface area contributed by atoms with E-state index in [4.69, 9.17) is 10.6 Å². The summed E-state index contributed by atoms with van der Waals surface area (Å²) in [5.41, 5.74) is 1.40. The molecule has 0 amide bonds. The first kappa shape index (κ1) is 12.8. The van der Waals surface area contributed by atoms with Crippen molar-refractivity contribution in [3.05, 3.63) is 65.7 Å². The first-order valence-corrected chi connectivity index (χ1v) is 5.78. The molecule has 0 unspecified atom stereocenters. The van der Waals surface area contributed by atoms with E-state index in [2.05, 4.69) is 5.10 Å². The highest BCUT2D eigenvalue weighted by Crippen LogP contribution is 2.15. The predicted molar refractivity (Wildman–Crippen MR) is 74.5 cm³/mol. The summed E-state index contributed by atoms with van der Waals surface area (Å²) in [5, 5.41) is 3.62. The van der Waals surface area contributed by atoms with Crippen LogP contribution in [0.1, 0.15) is 15.9 Å². The Hall–Kier alpha value is -2.62. The van der Waals surface area contributed by atoms with Gasteiger partial charge < -0.3 is 10.6 Å². The number of Topliss-reactive ketones (excluding diaryl/α,β-unsaturated/α-hetero) is 1. The molecule has 0 saturated heterocycles. The van der Waals surface area contributed by atoms with Crippen molar-refractivity contribution in [1.82, 2.24) is 0 Å². The molecule has 0 bridgehead atoms. The molecule has 0 fully saturated rings. The van der Waals surface area contributed by atoms with Crippen LogP contribution in [0.4, 0.5) is 0 Å². The number of ether oxygens (including phenoxy) is 1. The summed E-state index contributed by atoms with van der Waals surface area (Å²) >= 11 is 0. The van der Waals surface area contributed by atoms with Gasteiger partial charge in [0.1, 0.15) is 11.5 Å². The maximum absolute atomic E-state index is 12.3. The summed E-state index contributed by atoms with van der Waals surface area (Å²) in [6.07, 6.45) is 0. The van der Waals surface area contributed by atoms with Gasteiger partial charge in [0.2, 0.25) is 5.78 Å². The van der Waals surface area contributed by atoms with Gasteiger partial charge in [-0.15, -0.1) is 0 Å². The molecule has 0 aromatic heterocycles. The van der Waals surface area contributed by atoms with E-state index in [1.54, 1.807) is 55.6 Å². The minimum Gasteiger partial charge on any atom is -0.497 e. The van der Waals surface area contributed by atoms with Crippen molar-refractivity contribution < 1.29 is 9.53 Å². The van der Waals surface area contributed by atoms with Gasteiger partial charge in [-0.1, -0.05) is 42.5 Å². The number of carbonyl (C=O) groups is 1. The van der Waals surface area contributed by atoms with Crippen LogP contribution in [0.3, 0.4) is 0 Å². The average Bonchev–Trinajstić information content (AvgIpc) is 2.49. The molecule has 2 aromatic carbocycles. The van der Waals surface area contributed by atoms with Gasteiger partial charge in [-0.05, 0) is 12.1 Å². The Kier molecular flexibility index (Phi) is 3.93. The van der Waals surface area contributed by atoms with Crippen molar-refractivity contribution in [1.29, 1.82) is 0 Å². The molecule has 0 atom stereocenters. The van der Waals surface area contributed by atoms with Crippen LogP contribution in [0.5, 0.6) is 5.75 Å². The molecule has 2 rings (SSSR count). The molecular formula is C15H14N2O2. The van der Waals surface area contributed by atoms with Crippen LogP contribution in [-0.4, -0.2) is 18.6 Å². The monoisotopic (exact) mass is 254 g/mol. The summed E-state index contributed by atoms with van der Waals surface area (Å²) in [6, 6.07) is 16.0.